The van der Waals surface area contributed by atoms with Crippen LogP contribution in [-0.2, 0) is 9.53 Å². The second kappa shape index (κ2) is 4.42. The molecule has 0 aliphatic carbocycles. The van der Waals surface area contributed by atoms with Crippen molar-refractivity contribution in [1.82, 2.24) is 5.32 Å². The van der Waals surface area contributed by atoms with E-state index in [1.54, 1.807) is 0 Å². The molecule has 3 N–H and O–H groups in total. The number of hydrogen-bond donors (Lipinski definition) is 2. The van der Waals surface area contributed by atoms with Gasteiger partial charge in [0.2, 0.25) is 5.91 Å². The number of ether oxygens (including phenoxy) is 1. The van der Waals surface area contributed by atoms with Crippen molar-refractivity contribution in [2.45, 2.75) is 18.9 Å². The summed E-state index contributed by atoms with van der Waals surface area (Å²) in [6.45, 7) is 1.56. The maximum atomic E-state index is 10.7. The quantitative estimate of drug-likeness (QED) is 0.600. The third-order valence-corrected chi connectivity index (χ3v) is 2.33. The molecule has 1 rings (SSSR count). The Bertz CT molecular complexity index is 155. The van der Waals surface area contributed by atoms with Gasteiger partial charge in [-0.1, -0.05) is 0 Å². The van der Waals surface area contributed by atoms with Gasteiger partial charge in [-0.2, -0.15) is 0 Å². The van der Waals surface area contributed by atoms with Crippen LogP contribution in [0.3, 0.4) is 0 Å². The van der Waals surface area contributed by atoms with E-state index in [1.807, 2.05) is 7.05 Å². The lowest BCUT2D eigenvalue weighted by molar-refractivity contribution is -0.118. The minimum Gasteiger partial charge on any atom is -0.381 e. The van der Waals surface area contributed by atoms with E-state index in [4.69, 9.17) is 10.5 Å². The molecule has 2 unspecified atom stereocenters. The summed E-state index contributed by atoms with van der Waals surface area (Å²) in [6.07, 6.45) is 1.43. The number of nitrogens with two attached hydrogens (primary N) is 1. The summed E-state index contributed by atoms with van der Waals surface area (Å²) >= 11 is 0. The predicted molar refractivity (Wildman–Crippen MR) is 45.6 cm³/mol. The van der Waals surface area contributed by atoms with Gasteiger partial charge in [-0.3, -0.25) is 4.79 Å². The lowest BCUT2D eigenvalue weighted by atomic mass is 9.96. The highest BCUT2D eigenvalue weighted by molar-refractivity contribution is 5.74. The first-order chi connectivity index (χ1) is 5.74. The van der Waals surface area contributed by atoms with Gasteiger partial charge < -0.3 is 15.8 Å². The molecule has 1 saturated heterocycles. The van der Waals surface area contributed by atoms with Gasteiger partial charge in [0.05, 0.1) is 6.61 Å². The van der Waals surface area contributed by atoms with E-state index in [-0.39, 0.29) is 11.9 Å². The number of hydrogen-bond acceptors (Lipinski definition) is 3. The number of amides is 1. The first kappa shape index (κ1) is 9.48. The predicted octanol–water partition coefficient (Wildman–Crippen LogP) is -0.514. The lowest BCUT2D eigenvalue weighted by Gasteiger charge is -2.19. The normalized spacial score (nSPS) is 25.6. The molecular weight excluding hydrogens is 156 g/mol. The monoisotopic (exact) mass is 172 g/mol. The molecule has 0 aromatic carbocycles. The van der Waals surface area contributed by atoms with Crippen LogP contribution in [0.2, 0.25) is 0 Å². The van der Waals surface area contributed by atoms with Crippen molar-refractivity contribution >= 4 is 5.91 Å². The average Bonchev–Trinajstić information content (AvgIpc) is 2.51. The Morgan fingerprint density at radius 2 is 2.58 bits per heavy atom. The zero-order chi connectivity index (χ0) is 8.97. The Labute approximate surface area is 72.5 Å². The van der Waals surface area contributed by atoms with Crippen molar-refractivity contribution in [1.29, 1.82) is 0 Å². The van der Waals surface area contributed by atoms with Crippen LogP contribution >= 0.6 is 0 Å². The van der Waals surface area contributed by atoms with Crippen LogP contribution in [0, 0.1) is 5.92 Å². The fourth-order valence-corrected chi connectivity index (χ4v) is 1.59. The van der Waals surface area contributed by atoms with Crippen LogP contribution in [0.5, 0.6) is 0 Å². The van der Waals surface area contributed by atoms with E-state index in [1.165, 1.54) is 0 Å². The third kappa shape index (κ3) is 2.46. The molecular formula is C8H16N2O2. The number of rotatable bonds is 4. The van der Waals surface area contributed by atoms with Crippen LogP contribution < -0.4 is 11.1 Å². The molecule has 70 valence electrons. The smallest absolute Gasteiger partial charge is 0.218 e. The number of carbonyl (C=O) groups is 1. The Hall–Kier alpha value is -0.610. The first-order valence-corrected chi connectivity index (χ1v) is 4.27. The van der Waals surface area contributed by atoms with Gasteiger partial charge in [-0.15, -0.1) is 0 Å². The minimum atomic E-state index is -0.249. The van der Waals surface area contributed by atoms with Gasteiger partial charge >= 0.3 is 0 Å². The molecule has 0 saturated carbocycles. The van der Waals surface area contributed by atoms with Crippen LogP contribution in [0.25, 0.3) is 0 Å². The molecule has 1 fully saturated rings. The molecule has 0 aromatic heterocycles. The van der Waals surface area contributed by atoms with E-state index < -0.39 is 0 Å². The molecule has 1 amide bonds. The minimum absolute atomic E-state index is 0.185. The highest BCUT2D eigenvalue weighted by atomic mass is 16.5. The molecule has 2 atom stereocenters. The zero-order valence-corrected chi connectivity index (χ0v) is 7.38. The van der Waals surface area contributed by atoms with Crippen molar-refractivity contribution in [3.8, 4) is 0 Å². The summed E-state index contributed by atoms with van der Waals surface area (Å²) in [4.78, 5) is 10.7. The average molecular weight is 172 g/mol. The topological polar surface area (TPSA) is 64.3 Å². The Balaban J connectivity index is 2.37. The van der Waals surface area contributed by atoms with Crippen LogP contribution in [0.4, 0.5) is 0 Å². The van der Waals surface area contributed by atoms with Crippen molar-refractivity contribution in [2.75, 3.05) is 20.3 Å². The van der Waals surface area contributed by atoms with Crippen molar-refractivity contribution in [3.05, 3.63) is 0 Å². The standard InChI is InChI=1S/C8H16N2O2/c1-10-7(4-8(9)11)6-2-3-12-5-6/h6-7,10H,2-5H2,1H3,(H2,9,11). The van der Waals surface area contributed by atoms with Gasteiger partial charge in [0.1, 0.15) is 0 Å². The molecule has 4 nitrogen and oxygen atoms in total. The largest absolute Gasteiger partial charge is 0.381 e. The van der Waals surface area contributed by atoms with Gasteiger partial charge in [0.15, 0.2) is 0 Å². The highest BCUT2D eigenvalue weighted by Crippen LogP contribution is 2.18. The van der Waals surface area contributed by atoms with Crippen LogP contribution in [0.1, 0.15) is 12.8 Å². The van der Waals surface area contributed by atoms with E-state index in [9.17, 15) is 4.79 Å². The second-order valence-electron chi connectivity index (χ2n) is 3.19. The summed E-state index contributed by atoms with van der Waals surface area (Å²) < 4.78 is 5.23. The molecule has 1 aliphatic heterocycles. The summed E-state index contributed by atoms with van der Waals surface area (Å²) in [7, 11) is 1.85. The highest BCUT2D eigenvalue weighted by Gasteiger charge is 2.25. The molecule has 1 aliphatic rings. The maximum Gasteiger partial charge on any atom is 0.218 e. The van der Waals surface area contributed by atoms with Gasteiger partial charge in [0, 0.05) is 25.0 Å². The van der Waals surface area contributed by atoms with E-state index >= 15 is 0 Å². The molecule has 0 spiro atoms. The Morgan fingerprint density at radius 1 is 1.83 bits per heavy atom. The van der Waals surface area contributed by atoms with E-state index in [0.29, 0.717) is 12.3 Å². The summed E-state index contributed by atoms with van der Waals surface area (Å²) in [6, 6.07) is 0.185. The molecule has 12 heavy (non-hydrogen) atoms. The molecule has 0 radical (unpaired) electrons. The Morgan fingerprint density at radius 3 is 3.00 bits per heavy atom. The fourth-order valence-electron chi connectivity index (χ4n) is 1.59. The van der Waals surface area contributed by atoms with Gasteiger partial charge in [-0.25, -0.2) is 0 Å². The number of carbonyl (C=O) groups excluding carboxylic acids is 1. The fraction of sp³-hybridized carbons (Fsp3) is 0.875. The second-order valence-corrected chi connectivity index (χ2v) is 3.19. The molecule has 0 bridgehead atoms. The zero-order valence-electron chi connectivity index (χ0n) is 7.38. The van der Waals surface area contributed by atoms with Crippen LogP contribution in [-0.4, -0.2) is 32.2 Å². The SMILES string of the molecule is CNC(CC(N)=O)C1CCOC1. The lowest BCUT2D eigenvalue weighted by Crippen LogP contribution is -2.37. The van der Waals surface area contributed by atoms with Crippen LogP contribution in [0.15, 0.2) is 0 Å². The summed E-state index contributed by atoms with van der Waals surface area (Å²) in [5.74, 6) is 0.198. The number of primary amides is 1. The first-order valence-electron chi connectivity index (χ1n) is 4.27. The van der Waals surface area contributed by atoms with Crippen molar-refractivity contribution < 1.29 is 9.53 Å². The third-order valence-electron chi connectivity index (χ3n) is 2.33. The maximum absolute atomic E-state index is 10.7. The molecule has 1 heterocycles. The Kier molecular flexibility index (Phi) is 3.49. The summed E-state index contributed by atoms with van der Waals surface area (Å²) in [5, 5.41) is 3.09. The molecule has 0 aromatic rings. The van der Waals surface area contributed by atoms with Crippen molar-refractivity contribution in [3.63, 3.8) is 0 Å². The van der Waals surface area contributed by atoms with Gasteiger partial charge in [0.25, 0.3) is 0 Å². The van der Waals surface area contributed by atoms with E-state index in [2.05, 4.69) is 5.32 Å². The van der Waals surface area contributed by atoms with Crippen molar-refractivity contribution in [2.24, 2.45) is 11.7 Å². The number of nitrogens with one attached hydrogen (secondary N) is 1. The molecule has 4 heteroatoms. The van der Waals surface area contributed by atoms with Gasteiger partial charge in [-0.05, 0) is 13.5 Å². The van der Waals surface area contributed by atoms with E-state index in [0.717, 1.165) is 19.6 Å². The summed E-state index contributed by atoms with van der Waals surface area (Å²) in [5.41, 5.74) is 5.12.